The van der Waals surface area contributed by atoms with Gasteiger partial charge in [-0.05, 0) is 25.1 Å². The highest BCUT2D eigenvalue weighted by Gasteiger charge is 2.04. The minimum atomic E-state index is -0.971. The summed E-state index contributed by atoms with van der Waals surface area (Å²) >= 11 is 0. The molecule has 6 heteroatoms. The van der Waals surface area contributed by atoms with Crippen molar-refractivity contribution in [1.29, 1.82) is 0 Å². The number of halogens is 2. The maximum Gasteiger partial charge on any atom is 0.332 e. The van der Waals surface area contributed by atoms with Crippen molar-refractivity contribution in [3.8, 4) is 0 Å². The van der Waals surface area contributed by atoms with Gasteiger partial charge in [0.1, 0.15) is 0 Å². The lowest BCUT2D eigenvalue weighted by atomic mass is 10.1. The first-order valence-electron chi connectivity index (χ1n) is 4.06. The topological polar surface area (TPSA) is 67.5 Å². The van der Waals surface area contributed by atoms with E-state index in [2.05, 4.69) is 5.10 Å². The fourth-order valence-electron chi connectivity index (χ4n) is 0.925. The number of amides is 2. The van der Waals surface area contributed by atoms with E-state index < -0.39 is 17.7 Å². The van der Waals surface area contributed by atoms with Gasteiger partial charge in [-0.1, -0.05) is 0 Å². The molecule has 0 aliphatic heterocycles. The first kappa shape index (κ1) is 11.1. The van der Waals surface area contributed by atoms with Gasteiger partial charge >= 0.3 is 6.03 Å². The van der Waals surface area contributed by atoms with Crippen LogP contribution in [-0.4, -0.2) is 11.7 Å². The summed E-state index contributed by atoms with van der Waals surface area (Å²) in [6.45, 7) is 1.53. The van der Waals surface area contributed by atoms with Crippen LogP contribution in [-0.2, 0) is 0 Å². The third kappa shape index (κ3) is 3.01. The lowest BCUT2D eigenvalue weighted by molar-refractivity contribution is 0.249. The second kappa shape index (κ2) is 4.50. The lowest BCUT2D eigenvalue weighted by Crippen LogP contribution is -2.25. The van der Waals surface area contributed by atoms with Crippen LogP contribution >= 0.6 is 0 Å². The molecular formula is C9H9F2N3O. The number of nitrogens with two attached hydrogens (primary N) is 1. The van der Waals surface area contributed by atoms with Crippen molar-refractivity contribution in [3.05, 3.63) is 35.4 Å². The van der Waals surface area contributed by atoms with Crippen LogP contribution in [0.5, 0.6) is 0 Å². The Morgan fingerprint density at radius 3 is 2.60 bits per heavy atom. The van der Waals surface area contributed by atoms with E-state index in [4.69, 9.17) is 5.73 Å². The van der Waals surface area contributed by atoms with Crippen LogP contribution in [0.25, 0.3) is 0 Å². The summed E-state index contributed by atoms with van der Waals surface area (Å²) in [5.41, 5.74) is 7.46. The molecule has 0 unspecified atom stereocenters. The summed E-state index contributed by atoms with van der Waals surface area (Å²) in [7, 11) is 0. The van der Waals surface area contributed by atoms with Gasteiger partial charge in [0.05, 0.1) is 5.71 Å². The predicted molar refractivity (Wildman–Crippen MR) is 51.3 cm³/mol. The molecule has 0 aliphatic carbocycles. The molecular weight excluding hydrogens is 204 g/mol. The minimum Gasteiger partial charge on any atom is -0.350 e. The Bertz CT molecular complexity index is 418. The fraction of sp³-hybridized carbons (Fsp3) is 0.111. The maximum atomic E-state index is 12.8. The van der Waals surface area contributed by atoms with Gasteiger partial charge in [0.15, 0.2) is 11.6 Å². The number of hydrogen-bond acceptors (Lipinski definition) is 2. The van der Waals surface area contributed by atoms with Crippen LogP contribution in [0.15, 0.2) is 23.3 Å². The molecule has 0 aliphatic rings. The highest BCUT2D eigenvalue weighted by Crippen LogP contribution is 2.09. The number of nitrogens with one attached hydrogen (secondary N) is 1. The molecule has 15 heavy (non-hydrogen) atoms. The number of carbonyl (C=O) groups excluding carboxylic acids is 1. The van der Waals surface area contributed by atoms with Gasteiger partial charge < -0.3 is 5.73 Å². The summed E-state index contributed by atoms with van der Waals surface area (Å²) < 4.78 is 25.4. The molecule has 0 fully saturated rings. The minimum absolute atomic E-state index is 0.327. The number of hydrogen-bond donors (Lipinski definition) is 2. The molecule has 1 rings (SSSR count). The van der Waals surface area contributed by atoms with Crippen molar-refractivity contribution < 1.29 is 13.6 Å². The zero-order valence-electron chi connectivity index (χ0n) is 7.92. The smallest absolute Gasteiger partial charge is 0.332 e. The molecule has 0 aromatic heterocycles. The Labute approximate surface area is 84.8 Å². The number of urea groups is 1. The molecule has 0 spiro atoms. The zero-order chi connectivity index (χ0) is 11.4. The normalized spacial score (nSPS) is 11.3. The van der Waals surface area contributed by atoms with Crippen molar-refractivity contribution in [1.82, 2.24) is 5.43 Å². The zero-order valence-corrected chi connectivity index (χ0v) is 7.92. The number of primary amides is 1. The van der Waals surface area contributed by atoms with Gasteiger partial charge in [-0.2, -0.15) is 5.10 Å². The van der Waals surface area contributed by atoms with Gasteiger partial charge in [0.25, 0.3) is 0 Å². The summed E-state index contributed by atoms with van der Waals surface area (Å²) in [5.74, 6) is -1.91. The molecule has 80 valence electrons. The first-order chi connectivity index (χ1) is 7.00. The Morgan fingerprint density at radius 1 is 1.40 bits per heavy atom. The Kier molecular flexibility index (Phi) is 3.33. The lowest BCUT2D eigenvalue weighted by Gasteiger charge is -2.01. The van der Waals surface area contributed by atoms with Crippen molar-refractivity contribution in [2.24, 2.45) is 10.8 Å². The van der Waals surface area contributed by atoms with Crippen LogP contribution in [0.3, 0.4) is 0 Å². The van der Waals surface area contributed by atoms with Crippen LogP contribution in [0, 0.1) is 11.6 Å². The number of benzene rings is 1. The number of rotatable bonds is 2. The highest BCUT2D eigenvalue weighted by molar-refractivity contribution is 5.99. The second-order valence-corrected chi connectivity index (χ2v) is 2.80. The molecule has 2 amide bonds. The van der Waals surface area contributed by atoms with E-state index in [1.807, 2.05) is 5.43 Å². The monoisotopic (exact) mass is 213 g/mol. The second-order valence-electron chi connectivity index (χ2n) is 2.80. The average molecular weight is 213 g/mol. The van der Waals surface area contributed by atoms with Crippen molar-refractivity contribution in [3.63, 3.8) is 0 Å². The highest BCUT2D eigenvalue weighted by atomic mass is 19.2. The SMILES string of the molecule is C/C(=N\NC(N)=O)c1ccc(F)c(F)c1. The van der Waals surface area contributed by atoms with Crippen LogP contribution in [0.1, 0.15) is 12.5 Å². The summed E-state index contributed by atoms with van der Waals surface area (Å²) in [4.78, 5) is 10.3. The van der Waals surface area contributed by atoms with Crippen LogP contribution in [0.2, 0.25) is 0 Å². The van der Waals surface area contributed by atoms with Crippen molar-refractivity contribution in [2.75, 3.05) is 0 Å². The van der Waals surface area contributed by atoms with E-state index in [0.717, 1.165) is 12.1 Å². The molecule has 0 saturated carbocycles. The van der Waals surface area contributed by atoms with Crippen molar-refractivity contribution >= 4 is 11.7 Å². The average Bonchev–Trinajstić information content (AvgIpc) is 2.18. The molecule has 1 aromatic carbocycles. The third-order valence-corrected chi connectivity index (χ3v) is 1.67. The third-order valence-electron chi connectivity index (χ3n) is 1.67. The molecule has 0 radical (unpaired) electrons. The van der Waals surface area contributed by atoms with Gasteiger partial charge in [-0.25, -0.2) is 19.0 Å². The molecule has 0 heterocycles. The summed E-state index contributed by atoms with van der Waals surface area (Å²) in [5, 5.41) is 3.57. The van der Waals surface area contributed by atoms with E-state index in [9.17, 15) is 13.6 Å². The fourth-order valence-corrected chi connectivity index (χ4v) is 0.925. The Morgan fingerprint density at radius 2 is 2.07 bits per heavy atom. The van der Waals surface area contributed by atoms with E-state index in [1.165, 1.54) is 13.0 Å². The summed E-state index contributed by atoms with van der Waals surface area (Å²) in [6, 6.07) is 2.49. The van der Waals surface area contributed by atoms with E-state index in [-0.39, 0.29) is 0 Å². The largest absolute Gasteiger partial charge is 0.350 e. The Balaban J connectivity index is 2.91. The quantitative estimate of drug-likeness (QED) is 0.565. The predicted octanol–water partition coefficient (Wildman–Crippen LogP) is 1.36. The van der Waals surface area contributed by atoms with Crippen LogP contribution < -0.4 is 11.2 Å². The Hall–Kier alpha value is -1.98. The molecule has 0 saturated heterocycles. The molecule has 0 atom stereocenters. The van der Waals surface area contributed by atoms with Gasteiger partial charge in [-0.15, -0.1) is 0 Å². The number of carbonyl (C=O) groups is 1. The number of hydrazone groups is 1. The van der Waals surface area contributed by atoms with Gasteiger partial charge in [0.2, 0.25) is 0 Å². The molecule has 0 bridgehead atoms. The molecule has 1 aromatic rings. The molecule has 3 N–H and O–H groups in total. The maximum absolute atomic E-state index is 12.8. The number of nitrogens with zero attached hydrogens (tertiary/aromatic N) is 1. The van der Waals surface area contributed by atoms with E-state index >= 15 is 0 Å². The van der Waals surface area contributed by atoms with Crippen molar-refractivity contribution in [2.45, 2.75) is 6.92 Å². The molecule has 4 nitrogen and oxygen atoms in total. The first-order valence-corrected chi connectivity index (χ1v) is 4.06. The van der Waals surface area contributed by atoms with E-state index in [0.29, 0.717) is 11.3 Å². The van der Waals surface area contributed by atoms with Gasteiger partial charge in [0, 0.05) is 5.56 Å². The van der Waals surface area contributed by atoms with E-state index in [1.54, 1.807) is 0 Å². The summed E-state index contributed by atoms with van der Waals surface area (Å²) in [6.07, 6.45) is 0. The standard InChI is InChI=1S/C9H9F2N3O/c1-5(13-14-9(12)15)6-2-3-7(10)8(11)4-6/h2-4H,1H3,(H3,12,14,15)/b13-5+. The van der Waals surface area contributed by atoms with Crippen LogP contribution in [0.4, 0.5) is 13.6 Å². The van der Waals surface area contributed by atoms with Gasteiger partial charge in [-0.3, -0.25) is 0 Å².